The van der Waals surface area contributed by atoms with Crippen molar-refractivity contribution in [3.05, 3.63) is 74.9 Å². The molecule has 0 fully saturated rings. The van der Waals surface area contributed by atoms with Gasteiger partial charge in [0.25, 0.3) is 0 Å². The van der Waals surface area contributed by atoms with Crippen LogP contribution in [0.1, 0.15) is 36.5 Å². The molecule has 172 valence electrons. The van der Waals surface area contributed by atoms with E-state index in [1.54, 1.807) is 14.2 Å². The molecule has 0 unspecified atom stereocenters. The fourth-order valence-corrected chi connectivity index (χ4v) is 4.91. The lowest BCUT2D eigenvalue weighted by Crippen LogP contribution is -2.06. The minimum absolute atomic E-state index is 0.0191. The quantitative estimate of drug-likeness (QED) is 0.269. The Morgan fingerprint density at radius 3 is 2.30 bits per heavy atom. The molecule has 0 saturated carbocycles. The molecular weight excluding hydrogens is 527 g/mol. The molecule has 0 aliphatic carbocycles. The predicted molar refractivity (Wildman–Crippen MR) is 141 cm³/mol. The first-order valence-electron chi connectivity index (χ1n) is 11.1. The second-order valence-corrected chi connectivity index (χ2v) is 9.40. The highest BCUT2D eigenvalue weighted by atomic mass is 127. The van der Waals surface area contributed by atoms with E-state index >= 15 is 0 Å². The van der Waals surface area contributed by atoms with E-state index < -0.39 is 0 Å². The van der Waals surface area contributed by atoms with Gasteiger partial charge in [-0.1, -0.05) is 56.3 Å². The lowest BCUT2D eigenvalue weighted by atomic mass is 10.0. The van der Waals surface area contributed by atoms with E-state index in [9.17, 15) is 5.11 Å². The van der Waals surface area contributed by atoms with Crippen LogP contribution in [0, 0.1) is 3.57 Å². The van der Waals surface area contributed by atoms with Gasteiger partial charge >= 0.3 is 0 Å². The molecule has 1 N–H and O–H groups in total. The number of aliphatic hydroxyl groups is 1. The Hall–Kier alpha value is -2.58. The molecule has 0 amide bonds. The van der Waals surface area contributed by atoms with Crippen molar-refractivity contribution in [3.63, 3.8) is 0 Å². The molecule has 3 aromatic carbocycles. The maximum absolute atomic E-state index is 9.82. The average Bonchev–Trinajstić information content (AvgIpc) is 3.21. The molecule has 0 atom stereocenters. The number of imidazole rings is 1. The smallest absolute Gasteiger partial charge is 0.145 e. The monoisotopic (exact) mass is 556 g/mol. The predicted octanol–water partition coefficient (Wildman–Crippen LogP) is 6.03. The third kappa shape index (κ3) is 4.59. The van der Waals surface area contributed by atoms with Gasteiger partial charge in [-0.2, -0.15) is 0 Å². The molecule has 0 aliphatic heterocycles. The largest absolute Gasteiger partial charge is 0.496 e. The lowest BCUT2D eigenvalue weighted by Gasteiger charge is -2.14. The van der Waals surface area contributed by atoms with Gasteiger partial charge in [-0.25, -0.2) is 4.98 Å². The van der Waals surface area contributed by atoms with Gasteiger partial charge < -0.3 is 19.1 Å². The van der Waals surface area contributed by atoms with Crippen LogP contribution in [0.15, 0.2) is 54.6 Å². The molecule has 33 heavy (non-hydrogen) atoms. The van der Waals surface area contributed by atoms with E-state index in [4.69, 9.17) is 14.5 Å². The number of para-hydroxylation sites is 1. The standard InChI is InChI=1S/C27H29IN2O3/c1-17(2)18-9-11-19(12-10-18)27-29-25-24(28)21(15-20-7-5-6-8-22(20)32-3)16-23(33-4)26(25)30(27)13-14-31/h5-12,16-17,31H,13-15H2,1-4H3. The highest BCUT2D eigenvalue weighted by molar-refractivity contribution is 14.1. The summed E-state index contributed by atoms with van der Waals surface area (Å²) < 4.78 is 14.5. The van der Waals surface area contributed by atoms with Crippen molar-refractivity contribution in [3.8, 4) is 22.9 Å². The van der Waals surface area contributed by atoms with Gasteiger partial charge in [0.05, 0.1) is 20.8 Å². The molecular formula is C27H29IN2O3. The van der Waals surface area contributed by atoms with E-state index in [-0.39, 0.29) is 6.61 Å². The number of rotatable bonds is 8. The summed E-state index contributed by atoms with van der Waals surface area (Å²) in [5, 5.41) is 9.82. The first-order valence-corrected chi connectivity index (χ1v) is 12.1. The average molecular weight is 556 g/mol. The first-order chi connectivity index (χ1) is 16.0. The van der Waals surface area contributed by atoms with Crippen molar-refractivity contribution < 1.29 is 14.6 Å². The summed E-state index contributed by atoms with van der Waals surface area (Å²) >= 11 is 2.38. The fourth-order valence-electron chi connectivity index (χ4n) is 4.19. The first kappa shape index (κ1) is 23.6. The highest BCUT2D eigenvalue weighted by Crippen LogP contribution is 2.37. The van der Waals surface area contributed by atoms with E-state index in [2.05, 4.69) is 77.4 Å². The fraction of sp³-hybridized carbons (Fsp3) is 0.296. The zero-order valence-electron chi connectivity index (χ0n) is 19.4. The van der Waals surface area contributed by atoms with Gasteiger partial charge in [0.2, 0.25) is 0 Å². The molecule has 0 aliphatic rings. The van der Waals surface area contributed by atoms with Crippen molar-refractivity contribution >= 4 is 33.6 Å². The summed E-state index contributed by atoms with van der Waals surface area (Å²) in [6.07, 6.45) is 0.708. The van der Waals surface area contributed by atoms with Crippen LogP contribution < -0.4 is 9.47 Å². The second-order valence-electron chi connectivity index (χ2n) is 8.33. The van der Waals surface area contributed by atoms with Crippen molar-refractivity contribution in [2.24, 2.45) is 0 Å². The Morgan fingerprint density at radius 1 is 0.970 bits per heavy atom. The number of hydrogen-bond acceptors (Lipinski definition) is 4. The van der Waals surface area contributed by atoms with Crippen LogP contribution in [0.2, 0.25) is 0 Å². The number of aliphatic hydroxyl groups excluding tert-OH is 1. The van der Waals surface area contributed by atoms with Crippen LogP contribution in [0.3, 0.4) is 0 Å². The van der Waals surface area contributed by atoms with Crippen LogP contribution in [-0.4, -0.2) is 35.5 Å². The summed E-state index contributed by atoms with van der Waals surface area (Å²) in [5.41, 5.74) is 6.33. The highest BCUT2D eigenvalue weighted by Gasteiger charge is 2.21. The Kier molecular flexibility index (Phi) is 7.24. The number of ether oxygens (including phenoxy) is 2. The van der Waals surface area contributed by atoms with Crippen molar-refractivity contribution in [2.75, 3.05) is 20.8 Å². The van der Waals surface area contributed by atoms with Gasteiger partial charge in [0.15, 0.2) is 0 Å². The zero-order valence-corrected chi connectivity index (χ0v) is 21.6. The van der Waals surface area contributed by atoms with Gasteiger partial charge in [-0.05, 0) is 57.3 Å². The van der Waals surface area contributed by atoms with Crippen LogP contribution >= 0.6 is 22.6 Å². The topological polar surface area (TPSA) is 56.5 Å². The minimum atomic E-state index is 0.0191. The zero-order chi connectivity index (χ0) is 23.5. The molecule has 6 heteroatoms. The van der Waals surface area contributed by atoms with E-state index in [1.165, 1.54) is 5.56 Å². The second kappa shape index (κ2) is 10.1. The lowest BCUT2D eigenvalue weighted by molar-refractivity contribution is 0.278. The number of methoxy groups -OCH3 is 2. The van der Waals surface area contributed by atoms with Crippen LogP contribution in [0.4, 0.5) is 0 Å². The summed E-state index contributed by atoms with van der Waals surface area (Å²) in [6.45, 7) is 4.83. The SMILES string of the molecule is COc1ccccc1Cc1cc(OC)c2c(nc(-c3ccc(C(C)C)cc3)n2CCO)c1I. The van der Waals surface area contributed by atoms with E-state index in [0.29, 0.717) is 18.9 Å². The summed E-state index contributed by atoms with van der Waals surface area (Å²) in [7, 11) is 3.38. The summed E-state index contributed by atoms with van der Waals surface area (Å²) in [5.74, 6) is 2.92. The molecule has 4 rings (SSSR count). The maximum Gasteiger partial charge on any atom is 0.145 e. The molecule has 0 bridgehead atoms. The van der Waals surface area contributed by atoms with Gasteiger partial charge in [0.1, 0.15) is 28.4 Å². The third-order valence-corrected chi connectivity index (χ3v) is 7.15. The Balaban J connectivity index is 1.89. The number of hydrogen-bond donors (Lipinski definition) is 1. The van der Waals surface area contributed by atoms with Crippen LogP contribution in [0.5, 0.6) is 11.5 Å². The number of benzene rings is 3. The van der Waals surface area contributed by atoms with Crippen molar-refractivity contribution in [2.45, 2.75) is 32.7 Å². The molecule has 0 spiro atoms. The molecule has 4 aromatic rings. The van der Waals surface area contributed by atoms with Gasteiger partial charge in [0, 0.05) is 22.1 Å². The molecule has 0 saturated heterocycles. The van der Waals surface area contributed by atoms with Crippen molar-refractivity contribution in [1.29, 1.82) is 0 Å². The Labute approximate surface area is 208 Å². The van der Waals surface area contributed by atoms with Crippen LogP contribution in [-0.2, 0) is 13.0 Å². The molecule has 1 heterocycles. The summed E-state index contributed by atoms with van der Waals surface area (Å²) in [4.78, 5) is 5.06. The van der Waals surface area contributed by atoms with Gasteiger partial charge in [-0.15, -0.1) is 0 Å². The molecule has 0 radical (unpaired) electrons. The summed E-state index contributed by atoms with van der Waals surface area (Å²) in [6, 6.07) is 18.7. The minimum Gasteiger partial charge on any atom is -0.496 e. The number of aromatic nitrogens is 2. The Bertz CT molecular complexity index is 1260. The number of fused-ring (bicyclic) bond motifs is 1. The number of nitrogens with zero attached hydrogens (tertiary/aromatic N) is 2. The van der Waals surface area contributed by atoms with Crippen molar-refractivity contribution in [1.82, 2.24) is 9.55 Å². The maximum atomic E-state index is 9.82. The Morgan fingerprint density at radius 2 is 1.67 bits per heavy atom. The normalized spacial score (nSPS) is 11.4. The molecule has 1 aromatic heterocycles. The molecule has 5 nitrogen and oxygen atoms in total. The third-order valence-electron chi connectivity index (χ3n) is 5.95. The van der Waals surface area contributed by atoms with Crippen LogP contribution in [0.25, 0.3) is 22.4 Å². The van der Waals surface area contributed by atoms with E-state index in [1.807, 2.05) is 18.2 Å². The van der Waals surface area contributed by atoms with E-state index in [0.717, 1.165) is 48.6 Å². The number of halogens is 1. The van der Waals surface area contributed by atoms with Gasteiger partial charge in [-0.3, -0.25) is 0 Å².